The first-order chi connectivity index (χ1) is 10.2. The topological polar surface area (TPSA) is 66.1 Å². The first kappa shape index (κ1) is 13.6. The van der Waals surface area contributed by atoms with Crippen molar-refractivity contribution in [2.24, 2.45) is 0 Å². The van der Waals surface area contributed by atoms with E-state index in [0.29, 0.717) is 24.5 Å². The van der Waals surface area contributed by atoms with E-state index in [1.165, 1.54) is 0 Å². The molecule has 0 saturated heterocycles. The lowest BCUT2D eigenvalue weighted by atomic mass is 9.72. The molecular formula is C17H16N2O2. The van der Waals surface area contributed by atoms with Gasteiger partial charge in [-0.15, -0.1) is 0 Å². The van der Waals surface area contributed by atoms with Gasteiger partial charge < -0.3 is 9.84 Å². The number of aryl methyl sites for hydroxylation is 1. The molecule has 0 bridgehead atoms. The first-order valence-corrected chi connectivity index (χ1v) is 6.91. The molecule has 1 aliphatic heterocycles. The second-order valence-electron chi connectivity index (χ2n) is 5.34. The van der Waals surface area contributed by atoms with E-state index >= 15 is 0 Å². The number of hydrogen-bond donors (Lipinski definition) is 1. The molecule has 2 atom stereocenters. The molecule has 2 aromatic rings. The van der Waals surface area contributed by atoms with Crippen molar-refractivity contribution in [1.29, 1.82) is 5.26 Å². The molecule has 1 aromatic heterocycles. The number of para-hydroxylation sites is 1. The van der Waals surface area contributed by atoms with E-state index in [9.17, 15) is 10.4 Å². The normalized spacial score (nSPS) is 21.8. The number of aromatic nitrogens is 1. The fourth-order valence-electron chi connectivity index (χ4n) is 2.77. The Balaban J connectivity index is 2.10. The Morgan fingerprint density at radius 3 is 2.86 bits per heavy atom. The predicted octanol–water partition coefficient (Wildman–Crippen LogP) is 2.67. The lowest BCUT2D eigenvalue weighted by molar-refractivity contribution is 0.0773. The van der Waals surface area contributed by atoms with Gasteiger partial charge >= 0.3 is 0 Å². The van der Waals surface area contributed by atoms with Crippen LogP contribution in [0.25, 0.3) is 0 Å². The third-order valence-electron chi connectivity index (χ3n) is 4.00. The van der Waals surface area contributed by atoms with Gasteiger partial charge in [-0.3, -0.25) is 4.98 Å². The van der Waals surface area contributed by atoms with E-state index in [1.54, 1.807) is 12.3 Å². The van der Waals surface area contributed by atoms with Gasteiger partial charge in [-0.2, -0.15) is 5.26 Å². The number of ether oxygens (including phenoxy) is 1. The zero-order valence-electron chi connectivity index (χ0n) is 11.8. The molecule has 1 aliphatic rings. The zero-order chi connectivity index (χ0) is 14.9. The van der Waals surface area contributed by atoms with E-state index in [0.717, 1.165) is 11.1 Å². The van der Waals surface area contributed by atoms with Crippen molar-refractivity contribution in [2.75, 3.05) is 6.61 Å². The number of aliphatic hydroxyl groups excluding tert-OH is 1. The average molecular weight is 280 g/mol. The molecule has 4 heteroatoms. The molecule has 1 N–H and O–H groups in total. The van der Waals surface area contributed by atoms with Gasteiger partial charge in [0.2, 0.25) is 0 Å². The predicted molar refractivity (Wildman–Crippen MR) is 77.8 cm³/mol. The molecular weight excluding hydrogens is 264 g/mol. The molecule has 0 fully saturated rings. The molecule has 2 unspecified atom stereocenters. The van der Waals surface area contributed by atoms with Crippen molar-refractivity contribution in [2.45, 2.75) is 24.9 Å². The van der Waals surface area contributed by atoms with Crippen LogP contribution in [0.1, 0.15) is 29.3 Å². The van der Waals surface area contributed by atoms with Crippen LogP contribution in [0.5, 0.6) is 5.75 Å². The van der Waals surface area contributed by atoms with E-state index in [-0.39, 0.29) is 0 Å². The Bertz CT molecular complexity index is 691. The molecule has 3 rings (SSSR count). The van der Waals surface area contributed by atoms with Crippen LogP contribution in [-0.2, 0) is 5.41 Å². The van der Waals surface area contributed by atoms with Crippen molar-refractivity contribution in [3.8, 4) is 11.8 Å². The summed E-state index contributed by atoms with van der Waals surface area (Å²) in [6.07, 6.45) is 1.17. The number of fused-ring (bicyclic) bond motifs is 1. The van der Waals surface area contributed by atoms with Crippen LogP contribution in [0, 0.1) is 18.3 Å². The van der Waals surface area contributed by atoms with Crippen LogP contribution in [0.3, 0.4) is 0 Å². The summed E-state index contributed by atoms with van der Waals surface area (Å²) in [6.45, 7) is 2.35. The monoisotopic (exact) mass is 280 g/mol. The van der Waals surface area contributed by atoms with Crippen molar-refractivity contribution < 1.29 is 9.84 Å². The third-order valence-corrected chi connectivity index (χ3v) is 4.00. The standard InChI is InChI=1S/C17H16N2O2/c1-12-6-7-14(19-10-12)16(20)17(11-18)8-9-21-15-5-3-2-4-13(15)17/h2-7,10,16,20H,8-9H2,1H3. The van der Waals surface area contributed by atoms with Crippen LogP contribution in [0.2, 0.25) is 0 Å². The molecule has 21 heavy (non-hydrogen) atoms. The second-order valence-corrected chi connectivity index (χ2v) is 5.34. The molecule has 0 aliphatic carbocycles. The smallest absolute Gasteiger partial charge is 0.124 e. The van der Waals surface area contributed by atoms with Crippen LogP contribution in [0.15, 0.2) is 42.6 Å². The molecule has 0 amide bonds. The van der Waals surface area contributed by atoms with Crippen molar-refractivity contribution >= 4 is 0 Å². The maximum absolute atomic E-state index is 10.8. The summed E-state index contributed by atoms with van der Waals surface area (Å²) in [7, 11) is 0. The minimum Gasteiger partial charge on any atom is -0.493 e. The number of rotatable bonds is 2. The van der Waals surface area contributed by atoms with Gasteiger partial charge in [-0.05, 0) is 24.6 Å². The summed E-state index contributed by atoms with van der Waals surface area (Å²) < 4.78 is 5.60. The summed E-state index contributed by atoms with van der Waals surface area (Å²) in [5.74, 6) is 0.663. The highest BCUT2D eigenvalue weighted by molar-refractivity contribution is 5.47. The molecule has 4 nitrogen and oxygen atoms in total. The zero-order valence-corrected chi connectivity index (χ0v) is 11.8. The van der Waals surface area contributed by atoms with Crippen molar-refractivity contribution in [3.63, 3.8) is 0 Å². The minimum atomic E-state index is -1.02. The Hall–Kier alpha value is -2.38. The Labute approximate surface area is 123 Å². The van der Waals surface area contributed by atoms with Crippen LogP contribution in [-0.4, -0.2) is 16.7 Å². The number of pyridine rings is 1. The number of hydrogen-bond acceptors (Lipinski definition) is 4. The second kappa shape index (κ2) is 5.19. The summed E-state index contributed by atoms with van der Waals surface area (Å²) in [6, 6.07) is 13.4. The fourth-order valence-corrected chi connectivity index (χ4v) is 2.77. The van der Waals surface area contributed by atoms with Gasteiger partial charge in [0.1, 0.15) is 17.3 Å². The number of nitriles is 1. The molecule has 106 valence electrons. The summed E-state index contributed by atoms with van der Waals surface area (Å²) in [4.78, 5) is 4.28. The Morgan fingerprint density at radius 2 is 2.14 bits per heavy atom. The summed E-state index contributed by atoms with van der Waals surface area (Å²) in [5.41, 5.74) is 1.24. The van der Waals surface area contributed by atoms with Crippen LogP contribution in [0.4, 0.5) is 0 Å². The Kier molecular flexibility index (Phi) is 3.36. The maximum atomic E-state index is 10.8. The summed E-state index contributed by atoms with van der Waals surface area (Å²) >= 11 is 0. The molecule has 2 heterocycles. The lowest BCUT2D eigenvalue weighted by Gasteiger charge is -2.36. The maximum Gasteiger partial charge on any atom is 0.124 e. The van der Waals surface area contributed by atoms with Gasteiger partial charge in [0.25, 0.3) is 0 Å². The molecule has 0 radical (unpaired) electrons. The molecule has 0 saturated carbocycles. The highest BCUT2D eigenvalue weighted by atomic mass is 16.5. The first-order valence-electron chi connectivity index (χ1n) is 6.91. The van der Waals surface area contributed by atoms with Crippen LogP contribution >= 0.6 is 0 Å². The van der Waals surface area contributed by atoms with E-state index in [1.807, 2.05) is 37.3 Å². The lowest BCUT2D eigenvalue weighted by Crippen LogP contribution is -2.38. The van der Waals surface area contributed by atoms with Gasteiger partial charge in [-0.1, -0.05) is 24.3 Å². The van der Waals surface area contributed by atoms with Crippen LogP contribution < -0.4 is 4.74 Å². The largest absolute Gasteiger partial charge is 0.493 e. The molecule has 1 aromatic carbocycles. The molecule has 0 spiro atoms. The highest BCUT2D eigenvalue weighted by Crippen LogP contribution is 2.45. The Morgan fingerprint density at radius 1 is 1.33 bits per heavy atom. The minimum absolute atomic E-state index is 0.410. The average Bonchev–Trinajstić information content (AvgIpc) is 2.54. The third kappa shape index (κ3) is 2.16. The van der Waals surface area contributed by atoms with Crippen molar-refractivity contribution in [1.82, 2.24) is 4.98 Å². The number of nitrogens with zero attached hydrogens (tertiary/aromatic N) is 2. The van der Waals surface area contributed by atoms with Gasteiger partial charge in [-0.25, -0.2) is 0 Å². The van der Waals surface area contributed by atoms with Gasteiger partial charge in [0, 0.05) is 18.2 Å². The number of benzene rings is 1. The van der Waals surface area contributed by atoms with Gasteiger partial charge in [0.15, 0.2) is 0 Å². The summed E-state index contributed by atoms with van der Waals surface area (Å²) in [5, 5.41) is 20.6. The highest BCUT2D eigenvalue weighted by Gasteiger charge is 2.45. The van der Waals surface area contributed by atoms with E-state index in [2.05, 4.69) is 11.1 Å². The van der Waals surface area contributed by atoms with Crippen molar-refractivity contribution in [3.05, 3.63) is 59.4 Å². The van der Waals surface area contributed by atoms with E-state index < -0.39 is 11.5 Å². The number of aliphatic hydroxyl groups is 1. The van der Waals surface area contributed by atoms with E-state index in [4.69, 9.17) is 4.74 Å². The SMILES string of the molecule is Cc1ccc(C(O)C2(C#N)CCOc3ccccc32)nc1. The van der Waals surface area contributed by atoms with Gasteiger partial charge in [0.05, 0.1) is 18.4 Å². The fraction of sp³-hybridized carbons (Fsp3) is 0.294. The quantitative estimate of drug-likeness (QED) is 0.918.